The maximum absolute atomic E-state index is 12.9. The molecule has 2 unspecified atom stereocenters. The van der Waals surface area contributed by atoms with Gasteiger partial charge in [0.15, 0.2) is 0 Å². The highest BCUT2D eigenvalue weighted by atomic mass is 79.9. The van der Waals surface area contributed by atoms with E-state index in [0.29, 0.717) is 17.9 Å². The van der Waals surface area contributed by atoms with Crippen molar-refractivity contribution in [2.75, 3.05) is 0 Å². The minimum Gasteiger partial charge on any atom is -0.335 e. The highest BCUT2D eigenvalue weighted by Gasteiger charge is 2.48. The Morgan fingerprint density at radius 3 is 2.64 bits per heavy atom. The predicted molar refractivity (Wildman–Crippen MR) is 92.9 cm³/mol. The third-order valence-corrected chi connectivity index (χ3v) is 5.87. The van der Waals surface area contributed by atoms with Crippen molar-refractivity contribution in [2.45, 2.75) is 37.8 Å². The van der Waals surface area contributed by atoms with Crippen LogP contribution in [0, 0.1) is 5.92 Å². The van der Waals surface area contributed by atoms with Crippen LogP contribution in [0.1, 0.15) is 36.3 Å². The summed E-state index contributed by atoms with van der Waals surface area (Å²) in [6.45, 7) is 0.788. The van der Waals surface area contributed by atoms with Crippen molar-refractivity contribution in [3.8, 4) is 0 Å². The standard InChI is InChI=1S/C18H18BrNOS/c19-14-3-1-13(2-4-14)16-9-17(16)18(21)20(15-5-6-15)10-12-7-8-22-11-12/h1-4,7-8,11,15-17H,5-6,9-10H2. The lowest BCUT2D eigenvalue weighted by molar-refractivity contribution is -0.133. The zero-order valence-electron chi connectivity index (χ0n) is 12.2. The van der Waals surface area contributed by atoms with Crippen molar-refractivity contribution in [3.05, 3.63) is 56.7 Å². The van der Waals surface area contributed by atoms with Gasteiger partial charge in [0, 0.05) is 23.0 Å². The van der Waals surface area contributed by atoms with Gasteiger partial charge in [-0.1, -0.05) is 28.1 Å². The molecule has 1 aromatic carbocycles. The molecule has 1 aromatic heterocycles. The molecule has 2 nitrogen and oxygen atoms in total. The van der Waals surface area contributed by atoms with E-state index < -0.39 is 0 Å². The third kappa shape index (κ3) is 2.99. The van der Waals surface area contributed by atoms with E-state index in [1.165, 1.54) is 24.0 Å². The van der Waals surface area contributed by atoms with Crippen LogP contribution in [0.25, 0.3) is 0 Å². The molecule has 114 valence electrons. The van der Waals surface area contributed by atoms with Crippen LogP contribution in [0.15, 0.2) is 45.6 Å². The van der Waals surface area contributed by atoms with Gasteiger partial charge in [0.2, 0.25) is 5.91 Å². The Hall–Kier alpha value is -1.13. The van der Waals surface area contributed by atoms with E-state index in [2.05, 4.69) is 61.9 Å². The largest absolute Gasteiger partial charge is 0.335 e. The van der Waals surface area contributed by atoms with E-state index in [1.807, 2.05) is 0 Å². The van der Waals surface area contributed by atoms with Crippen molar-refractivity contribution in [2.24, 2.45) is 5.92 Å². The molecule has 2 atom stereocenters. The summed E-state index contributed by atoms with van der Waals surface area (Å²) in [4.78, 5) is 15.0. The third-order valence-electron chi connectivity index (χ3n) is 4.61. The molecule has 0 saturated heterocycles. The van der Waals surface area contributed by atoms with E-state index in [9.17, 15) is 4.79 Å². The summed E-state index contributed by atoms with van der Waals surface area (Å²) >= 11 is 5.17. The number of rotatable bonds is 5. The molecule has 2 aliphatic carbocycles. The van der Waals surface area contributed by atoms with E-state index in [1.54, 1.807) is 11.3 Å². The van der Waals surface area contributed by atoms with Gasteiger partial charge in [0.1, 0.15) is 0 Å². The van der Waals surface area contributed by atoms with E-state index in [-0.39, 0.29) is 5.92 Å². The van der Waals surface area contributed by atoms with Crippen molar-refractivity contribution in [1.82, 2.24) is 4.90 Å². The number of benzene rings is 1. The molecule has 1 heterocycles. The molecule has 2 aliphatic rings. The van der Waals surface area contributed by atoms with Crippen molar-refractivity contribution in [1.29, 1.82) is 0 Å². The van der Waals surface area contributed by atoms with Crippen LogP contribution < -0.4 is 0 Å². The summed E-state index contributed by atoms with van der Waals surface area (Å²) in [6.07, 6.45) is 3.35. The van der Waals surface area contributed by atoms with E-state index in [0.717, 1.165) is 17.4 Å². The average Bonchev–Trinajstić information content (AvgIpc) is 3.44. The Kier molecular flexibility index (Phi) is 3.82. The lowest BCUT2D eigenvalue weighted by atomic mass is 10.1. The van der Waals surface area contributed by atoms with Gasteiger partial charge in [0.25, 0.3) is 0 Å². The molecule has 0 radical (unpaired) electrons. The predicted octanol–water partition coefficient (Wildman–Crippen LogP) is 4.81. The maximum atomic E-state index is 12.9. The van der Waals surface area contributed by atoms with Crippen LogP contribution in [-0.2, 0) is 11.3 Å². The van der Waals surface area contributed by atoms with E-state index >= 15 is 0 Å². The Balaban J connectivity index is 1.45. The van der Waals surface area contributed by atoms with Gasteiger partial charge in [0.05, 0.1) is 0 Å². The summed E-state index contributed by atoms with van der Waals surface area (Å²) in [5, 5.41) is 4.24. The summed E-state index contributed by atoms with van der Waals surface area (Å²) in [5.41, 5.74) is 2.57. The van der Waals surface area contributed by atoms with Crippen LogP contribution in [0.3, 0.4) is 0 Å². The van der Waals surface area contributed by atoms with Gasteiger partial charge in [-0.05, 0) is 65.3 Å². The highest BCUT2D eigenvalue weighted by Crippen LogP contribution is 2.49. The first kappa shape index (κ1) is 14.5. The molecule has 2 fully saturated rings. The topological polar surface area (TPSA) is 20.3 Å². The fraction of sp³-hybridized carbons (Fsp3) is 0.389. The van der Waals surface area contributed by atoms with Crippen LogP contribution in [0.5, 0.6) is 0 Å². The molecule has 0 N–H and O–H groups in total. The molecule has 0 spiro atoms. The lowest BCUT2D eigenvalue weighted by Gasteiger charge is -2.22. The first-order valence-electron chi connectivity index (χ1n) is 7.79. The minimum atomic E-state index is 0.195. The van der Waals surface area contributed by atoms with Crippen LogP contribution in [0.2, 0.25) is 0 Å². The molecule has 4 rings (SSSR count). The molecular formula is C18H18BrNOS. The molecule has 0 bridgehead atoms. The normalized spacial score (nSPS) is 23.3. The summed E-state index contributed by atoms with van der Waals surface area (Å²) in [5.74, 6) is 0.978. The van der Waals surface area contributed by atoms with Gasteiger partial charge in [-0.2, -0.15) is 11.3 Å². The molecule has 4 heteroatoms. The van der Waals surface area contributed by atoms with Crippen LogP contribution >= 0.6 is 27.3 Å². The Morgan fingerprint density at radius 1 is 1.23 bits per heavy atom. The number of halogens is 1. The summed E-state index contributed by atoms with van der Waals surface area (Å²) in [6, 6.07) is 11.0. The molecule has 2 saturated carbocycles. The number of carbonyl (C=O) groups is 1. The number of hydrogen-bond donors (Lipinski definition) is 0. The van der Waals surface area contributed by atoms with Crippen molar-refractivity contribution < 1.29 is 4.79 Å². The molecular weight excluding hydrogens is 358 g/mol. The van der Waals surface area contributed by atoms with Crippen LogP contribution in [0.4, 0.5) is 0 Å². The zero-order chi connectivity index (χ0) is 15.1. The minimum absolute atomic E-state index is 0.195. The Labute approximate surface area is 143 Å². The molecule has 2 aromatic rings. The number of amides is 1. The maximum Gasteiger partial charge on any atom is 0.226 e. The number of carbonyl (C=O) groups excluding carboxylic acids is 1. The van der Waals surface area contributed by atoms with Gasteiger partial charge < -0.3 is 4.90 Å². The fourth-order valence-electron chi connectivity index (χ4n) is 3.11. The SMILES string of the molecule is O=C(C1CC1c1ccc(Br)cc1)N(Cc1ccsc1)C1CC1. The second kappa shape index (κ2) is 5.82. The number of thiophene rings is 1. The molecule has 22 heavy (non-hydrogen) atoms. The summed E-state index contributed by atoms with van der Waals surface area (Å²) in [7, 11) is 0. The van der Waals surface area contributed by atoms with Crippen molar-refractivity contribution in [3.63, 3.8) is 0 Å². The molecule has 0 aliphatic heterocycles. The molecule has 1 amide bonds. The lowest BCUT2D eigenvalue weighted by Crippen LogP contribution is -2.34. The van der Waals surface area contributed by atoms with Crippen molar-refractivity contribution >= 4 is 33.2 Å². The first-order chi connectivity index (χ1) is 10.7. The zero-order valence-corrected chi connectivity index (χ0v) is 14.6. The smallest absolute Gasteiger partial charge is 0.226 e. The van der Waals surface area contributed by atoms with Gasteiger partial charge in [-0.25, -0.2) is 0 Å². The van der Waals surface area contributed by atoms with E-state index in [4.69, 9.17) is 0 Å². The average molecular weight is 376 g/mol. The first-order valence-corrected chi connectivity index (χ1v) is 9.53. The number of nitrogens with zero attached hydrogens (tertiary/aromatic N) is 1. The van der Waals surface area contributed by atoms with Crippen LogP contribution in [-0.4, -0.2) is 16.8 Å². The second-order valence-electron chi connectivity index (χ2n) is 6.33. The fourth-order valence-corrected chi connectivity index (χ4v) is 4.04. The summed E-state index contributed by atoms with van der Waals surface area (Å²) < 4.78 is 1.09. The quantitative estimate of drug-likeness (QED) is 0.734. The second-order valence-corrected chi connectivity index (χ2v) is 8.02. The highest BCUT2D eigenvalue weighted by molar-refractivity contribution is 9.10. The monoisotopic (exact) mass is 375 g/mol. The Morgan fingerprint density at radius 2 is 2.00 bits per heavy atom. The van der Waals surface area contributed by atoms with Gasteiger partial charge in [-0.3, -0.25) is 4.79 Å². The van der Waals surface area contributed by atoms with Gasteiger partial charge >= 0.3 is 0 Å². The van der Waals surface area contributed by atoms with Gasteiger partial charge in [-0.15, -0.1) is 0 Å². The Bertz CT molecular complexity index is 663. The number of hydrogen-bond acceptors (Lipinski definition) is 2.